The third-order valence-corrected chi connectivity index (χ3v) is 4.85. The van der Waals surface area contributed by atoms with Crippen molar-refractivity contribution in [1.82, 2.24) is 15.1 Å². The molecule has 2 aromatic rings. The first-order valence-corrected chi connectivity index (χ1v) is 8.55. The van der Waals surface area contributed by atoms with Gasteiger partial charge in [0.05, 0.1) is 23.8 Å². The lowest BCUT2D eigenvalue weighted by Crippen LogP contribution is -2.34. The monoisotopic (exact) mass is 377 g/mol. The molecule has 0 spiro atoms. The third kappa shape index (κ3) is 3.52. The number of amides is 1. The first-order chi connectivity index (χ1) is 11.9. The summed E-state index contributed by atoms with van der Waals surface area (Å²) in [5.41, 5.74) is 1.89. The molecule has 1 aromatic heterocycles. The van der Waals surface area contributed by atoms with Gasteiger partial charge in [0.2, 0.25) is 5.91 Å². The van der Waals surface area contributed by atoms with E-state index in [0.717, 1.165) is 5.69 Å². The number of hydrogen-bond donors (Lipinski definition) is 2. The number of rotatable bonds is 3. The molecule has 0 bridgehead atoms. The Morgan fingerprint density at radius 3 is 2.60 bits per heavy atom. The Morgan fingerprint density at radius 1 is 1.36 bits per heavy atom. The highest BCUT2D eigenvalue weighted by atomic mass is 35.5. The topological polar surface area (TPSA) is 67.2 Å². The molecule has 130 valence electrons. The number of hydrogen-bond acceptors (Lipinski definition) is 3. The zero-order chi connectivity index (χ0) is 18.1. The van der Waals surface area contributed by atoms with Crippen LogP contribution in [-0.4, -0.2) is 32.9 Å². The Bertz CT molecular complexity index is 859. The highest BCUT2D eigenvalue weighted by molar-refractivity contribution is 6.36. The summed E-state index contributed by atoms with van der Waals surface area (Å²) < 4.78 is 1.68. The van der Waals surface area contributed by atoms with Gasteiger partial charge in [-0.3, -0.25) is 9.48 Å². The lowest BCUT2D eigenvalue weighted by atomic mass is 9.91. The minimum Gasteiger partial charge on any atom is -0.390 e. The van der Waals surface area contributed by atoms with Gasteiger partial charge in [-0.05, 0) is 25.1 Å². The quantitative estimate of drug-likeness (QED) is 0.806. The van der Waals surface area contributed by atoms with Gasteiger partial charge in [-0.1, -0.05) is 29.1 Å². The van der Waals surface area contributed by atoms with Crippen molar-refractivity contribution in [3.05, 3.63) is 51.3 Å². The van der Waals surface area contributed by atoms with E-state index in [2.05, 4.69) is 22.3 Å². The Hall–Kier alpha value is -2.00. The van der Waals surface area contributed by atoms with Crippen molar-refractivity contribution in [1.29, 1.82) is 0 Å². The number of halogens is 2. The molecule has 0 aliphatic carbocycles. The van der Waals surface area contributed by atoms with E-state index in [9.17, 15) is 9.90 Å². The van der Waals surface area contributed by atoms with Crippen LogP contribution in [-0.2, 0) is 18.3 Å². The molecule has 1 fully saturated rings. The second kappa shape index (κ2) is 7.09. The fraction of sp³-hybridized carbons (Fsp3) is 0.333. The van der Waals surface area contributed by atoms with Crippen LogP contribution in [0.3, 0.4) is 0 Å². The smallest absolute Gasteiger partial charge is 0.230 e. The van der Waals surface area contributed by atoms with Crippen molar-refractivity contribution < 1.29 is 9.90 Å². The van der Waals surface area contributed by atoms with Crippen LogP contribution < -0.4 is 5.32 Å². The third-order valence-electron chi connectivity index (χ3n) is 4.22. The van der Waals surface area contributed by atoms with Crippen LogP contribution in [0.2, 0.25) is 10.0 Å². The van der Waals surface area contributed by atoms with E-state index in [1.165, 1.54) is 0 Å². The van der Waals surface area contributed by atoms with Crippen LogP contribution in [0.1, 0.15) is 29.7 Å². The van der Waals surface area contributed by atoms with Gasteiger partial charge in [0.15, 0.2) is 0 Å². The van der Waals surface area contributed by atoms with Gasteiger partial charge >= 0.3 is 0 Å². The number of aliphatic hydroxyl groups is 1. The highest BCUT2D eigenvalue weighted by Crippen LogP contribution is 2.38. The van der Waals surface area contributed by atoms with Gasteiger partial charge in [-0.25, -0.2) is 0 Å². The molecular formula is C18H17Cl2N3O2. The predicted molar refractivity (Wildman–Crippen MR) is 96.6 cm³/mol. The van der Waals surface area contributed by atoms with Crippen LogP contribution in [0.5, 0.6) is 0 Å². The van der Waals surface area contributed by atoms with Crippen molar-refractivity contribution in [2.24, 2.45) is 7.05 Å². The number of aliphatic hydroxyl groups excluding tert-OH is 1. The van der Waals surface area contributed by atoms with Gasteiger partial charge in [0, 0.05) is 40.8 Å². The SMILES string of the molecule is CC#Cc1cc(Cl)c(C2C(=O)NC(Cc3ccn(C)n3)C2O)c(Cl)c1. The lowest BCUT2D eigenvalue weighted by Gasteiger charge is -2.19. The summed E-state index contributed by atoms with van der Waals surface area (Å²) in [5, 5.41) is 18.4. The van der Waals surface area contributed by atoms with Crippen LogP contribution in [0.4, 0.5) is 0 Å². The van der Waals surface area contributed by atoms with Gasteiger partial charge in [-0.15, -0.1) is 5.92 Å². The van der Waals surface area contributed by atoms with Crippen molar-refractivity contribution in [3.63, 3.8) is 0 Å². The molecule has 25 heavy (non-hydrogen) atoms. The van der Waals surface area contributed by atoms with Gasteiger partial charge < -0.3 is 10.4 Å². The van der Waals surface area contributed by atoms with Crippen molar-refractivity contribution >= 4 is 29.1 Å². The molecule has 2 N–H and O–H groups in total. The zero-order valence-corrected chi connectivity index (χ0v) is 15.3. The Labute approximate surface area is 155 Å². The summed E-state index contributed by atoms with van der Waals surface area (Å²) in [6.07, 6.45) is 1.29. The molecule has 3 rings (SSSR count). The minimum atomic E-state index is -0.951. The van der Waals surface area contributed by atoms with E-state index in [0.29, 0.717) is 27.6 Å². The van der Waals surface area contributed by atoms with Crippen LogP contribution in [0, 0.1) is 11.8 Å². The maximum Gasteiger partial charge on any atom is 0.230 e. The molecule has 0 radical (unpaired) electrons. The second-order valence-electron chi connectivity index (χ2n) is 6.00. The number of nitrogens with zero attached hydrogens (tertiary/aromatic N) is 2. The van der Waals surface area contributed by atoms with Crippen molar-refractivity contribution in [3.8, 4) is 11.8 Å². The Morgan fingerprint density at radius 2 is 2.04 bits per heavy atom. The number of nitrogens with one attached hydrogen (secondary N) is 1. The van der Waals surface area contributed by atoms with E-state index in [1.54, 1.807) is 23.7 Å². The summed E-state index contributed by atoms with van der Waals surface area (Å²) in [6, 6.07) is 4.72. The molecule has 2 heterocycles. The normalized spacial score (nSPS) is 22.4. The van der Waals surface area contributed by atoms with Crippen LogP contribution in [0.15, 0.2) is 24.4 Å². The number of aryl methyl sites for hydroxylation is 1. The first kappa shape index (κ1) is 17.8. The summed E-state index contributed by atoms with van der Waals surface area (Å²) >= 11 is 12.7. The molecule has 1 aliphatic rings. The maximum atomic E-state index is 12.5. The molecular weight excluding hydrogens is 361 g/mol. The van der Waals surface area contributed by atoms with Crippen molar-refractivity contribution in [2.75, 3.05) is 0 Å². The van der Waals surface area contributed by atoms with E-state index in [-0.39, 0.29) is 5.91 Å². The average molecular weight is 378 g/mol. The second-order valence-corrected chi connectivity index (χ2v) is 6.81. The van der Waals surface area contributed by atoms with Gasteiger partial charge in [-0.2, -0.15) is 5.10 Å². The van der Waals surface area contributed by atoms with Crippen LogP contribution in [0.25, 0.3) is 0 Å². The first-order valence-electron chi connectivity index (χ1n) is 7.79. The summed E-state index contributed by atoms with van der Waals surface area (Å²) in [5.74, 6) is 4.54. The Kier molecular flexibility index (Phi) is 5.05. The number of benzene rings is 1. The molecule has 1 aromatic carbocycles. The van der Waals surface area contributed by atoms with E-state index < -0.39 is 18.1 Å². The molecule has 0 saturated carbocycles. The predicted octanol–water partition coefficient (Wildman–Crippen LogP) is 2.28. The molecule has 3 unspecified atom stereocenters. The molecule has 3 atom stereocenters. The largest absolute Gasteiger partial charge is 0.390 e. The van der Waals surface area contributed by atoms with Gasteiger partial charge in [0.1, 0.15) is 0 Å². The molecule has 1 amide bonds. The van der Waals surface area contributed by atoms with Crippen LogP contribution >= 0.6 is 23.2 Å². The highest BCUT2D eigenvalue weighted by Gasteiger charge is 2.44. The lowest BCUT2D eigenvalue weighted by molar-refractivity contribution is -0.121. The minimum absolute atomic E-state index is 0.299. The maximum absolute atomic E-state index is 12.5. The number of aromatic nitrogens is 2. The molecule has 1 aliphatic heterocycles. The average Bonchev–Trinajstić information content (AvgIpc) is 3.05. The Balaban J connectivity index is 1.89. The summed E-state index contributed by atoms with van der Waals surface area (Å²) in [7, 11) is 1.82. The van der Waals surface area contributed by atoms with E-state index in [1.807, 2.05) is 19.3 Å². The standard InChI is InChI=1S/C18H17Cl2N3O2/c1-3-4-10-7-12(19)15(13(20)8-10)16-17(24)14(21-18(16)25)9-11-5-6-23(2)22-11/h5-8,14,16-17,24H,9H2,1-2H3,(H,21,25). The van der Waals surface area contributed by atoms with Gasteiger partial charge in [0.25, 0.3) is 0 Å². The fourth-order valence-electron chi connectivity index (χ4n) is 3.11. The molecule has 1 saturated heterocycles. The van der Waals surface area contributed by atoms with E-state index in [4.69, 9.17) is 23.2 Å². The fourth-order valence-corrected chi connectivity index (χ4v) is 3.84. The molecule has 7 heteroatoms. The molecule has 5 nitrogen and oxygen atoms in total. The number of carbonyl (C=O) groups excluding carboxylic acids is 1. The summed E-state index contributed by atoms with van der Waals surface area (Å²) in [6.45, 7) is 1.71. The van der Waals surface area contributed by atoms with E-state index >= 15 is 0 Å². The number of carbonyl (C=O) groups is 1. The zero-order valence-electron chi connectivity index (χ0n) is 13.8. The summed E-state index contributed by atoms with van der Waals surface area (Å²) in [4.78, 5) is 12.5. The van der Waals surface area contributed by atoms with Crippen molar-refractivity contribution in [2.45, 2.75) is 31.4 Å².